The zero-order valence-corrected chi connectivity index (χ0v) is 16.2. The first-order chi connectivity index (χ1) is 11.1. The van der Waals surface area contributed by atoms with Crippen molar-refractivity contribution < 1.29 is 4.42 Å². The molecule has 0 saturated heterocycles. The van der Waals surface area contributed by atoms with Gasteiger partial charge in [-0.05, 0) is 45.0 Å². The fourth-order valence-corrected chi connectivity index (χ4v) is 4.05. The SMILES string of the molecule is CN[C@@H](C)Cc1sc2c(NCc3ccco3)cc(Cl)nc2c1C.Cl. The lowest BCUT2D eigenvalue weighted by molar-refractivity contribution is 0.518. The Kier molecular flexibility index (Phi) is 6.52. The molecule has 0 fully saturated rings. The molecular weight excluding hydrogens is 365 g/mol. The normalized spacial score (nSPS) is 12.2. The quantitative estimate of drug-likeness (QED) is 0.583. The van der Waals surface area contributed by atoms with Gasteiger partial charge in [0.05, 0.1) is 28.7 Å². The molecule has 0 aliphatic rings. The summed E-state index contributed by atoms with van der Waals surface area (Å²) in [5, 5.41) is 7.21. The summed E-state index contributed by atoms with van der Waals surface area (Å²) in [5.74, 6) is 0.892. The standard InChI is InChI=1S/C17H20ClN3OS.ClH/c1-10(19-3)7-14-11(2)16-17(23-14)13(8-15(18)21-16)20-9-12-5-4-6-22-12;/h4-6,8,10,19H,7,9H2,1-3H3,(H,20,21);1H/t10-;/m0./s1. The van der Waals surface area contributed by atoms with Gasteiger partial charge in [-0.1, -0.05) is 11.6 Å². The van der Waals surface area contributed by atoms with Crippen molar-refractivity contribution in [3.63, 3.8) is 0 Å². The second-order valence-electron chi connectivity index (χ2n) is 5.65. The molecule has 0 aromatic carbocycles. The number of thiophene rings is 1. The molecule has 1 atom stereocenters. The Bertz CT molecular complexity index is 802. The maximum absolute atomic E-state index is 6.22. The van der Waals surface area contributed by atoms with Crippen molar-refractivity contribution >= 4 is 51.2 Å². The first kappa shape index (κ1) is 19.1. The maximum Gasteiger partial charge on any atom is 0.131 e. The first-order valence-corrected chi connectivity index (χ1v) is 8.80. The number of aryl methyl sites for hydroxylation is 1. The van der Waals surface area contributed by atoms with Gasteiger partial charge in [0.1, 0.15) is 10.9 Å². The molecule has 0 bridgehead atoms. The Labute approximate surface area is 157 Å². The van der Waals surface area contributed by atoms with E-state index in [9.17, 15) is 0 Å². The van der Waals surface area contributed by atoms with Crippen LogP contribution in [0.4, 0.5) is 5.69 Å². The zero-order valence-electron chi connectivity index (χ0n) is 13.9. The lowest BCUT2D eigenvalue weighted by Crippen LogP contribution is -2.23. The molecule has 0 saturated carbocycles. The molecule has 3 aromatic rings. The topological polar surface area (TPSA) is 50.1 Å². The zero-order chi connectivity index (χ0) is 16.4. The van der Waals surface area contributed by atoms with E-state index in [4.69, 9.17) is 16.0 Å². The Balaban J connectivity index is 0.00000208. The molecular formula is C17H21Cl2N3OS. The molecule has 3 aromatic heterocycles. The average molecular weight is 386 g/mol. The second-order valence-corrected chi connectivity index (χ2v) is 7.14. The van der Waals surface area contributed by atoms with E-state index < -0.39 is 0 Å². The van der Waals surface area contributed by atoms with Crippen molar-refractivity contribution in [1.82, 2.24) is 10.3 Å². The Morgan fingerprint density at radius 2 is 2.21 bits per heavy atom. The van der Waals surface area contributed by atoms with E-state index in [-0.39, 0.29) is 12.4 Å². The van der Waals surface area contributed by atoms with Crippen LogP contribution >= 0.6 is 35.3 Å². The van der Waals surface area contributed by atoms with Crippen LogP contribution < -0.4 is 10.6 Å². The predicted octanol–water partition coefficient (Wildman–Crippen LogP) is 5.04. The highest BCUT2D eigenvalue weighted by Gasteiger charge is 2.16. The number of hydrogen-bond acceptors (Lipinski definition) is 5. The summed E-state index contributed by atoms with van der Waals surface area (Å²) in [4.78, 5) is 5.87. The van der Waals surface area contributed by atoms with Crippen LogP contribution in [0.1, 0.15) is 23.1 Å². The molecule has 24 heavy (non-hydrogen) atoms. The van der Waals surface area contributed by atoms with Gasteiger partial charge in [0, 0.05) is 17.0 Å². The number of hydrogen-bond donors (Lipinski definition) is 2. The summed E-state index contributed by atoms with van der Waals surface area (Å²) in [6.07, 6.45) is 2.66. The van der Waals surface area contributed by atoms with Crippen molar-refractivity contribution in [1.29, 1.82) is 0 Å². The van der Waals surface area contributed by atoms with Crippen molar-refractivity contribution in [2.24, 2.45) is 0 Å². The lowest BCUT2D eigenvalue weighted by Gasteiger charge is -2.08. The molecule has 2 N–H and O–H groups in total. The maximum atomic E-state index is 6.22. The van der Waals surface area contributed by atoms with Gasteiger partial charge in [0.15, 0.2) is 0 Å². The highest BCUT2D eigenvalue weighted by atomic mass is 35.5. The van der Waals surface area contributed by atoms with E-state index in [1.807, 2.05) is 25.2 Å². The van der Waals surface area contributed by atoms with Gasteiger partial charge in [-0.15, -0.1) is 23.7 Å². The van der Waals surface area contributed by atoms with Crippen molar-refractivity contribution in [3.05, 3.63) is 45.8 Å². The van der Waals surface area contributed by atoms with E-state index in [2.05, 4.69) is 29.5 Å². The van der Waals surface area contributed by atoms with Gasteiger partial charge in [0.2, 0.25) is 0 Å². The van der Waals surface area contributed by atoms with E-state index in [1.54, 1.807) is 17.6 Å². The summed E-state index contributed by atoms with van der Waals surface area (Å²) in [5.41, 5.74) is 3.21. The molecule has 3 rings (SSSR count). The van der Waals surface area contributed by atoms with E-state index >= 15 is 0 Å². The Hall–Kier alpha value is -1.27. The number of rotatable bonds is 6. The minimum absolute atomic E-state index is 0. The summed E-state index contributed by atoms with van der Waals surface area (Å²) in [6, 6.07) is 6.15. The number of pyridine rings is 1. The molecule has 0 aliphatic carbocycles. The third kappa shape index (κ3) is 4.03. The molecule has 0 amide bonds. The molecule has 130 valence electrons. The number of halogens is 2. The van der Waals surface area contributed by atoms with Crippen LogP contribution in [0.25, 0.3) is 10.2 Å². The molecule has 4 nitrogen and oxygen atoms in total. The fourth-order valence-electron chi connectivity index (χ4n) is 2.49. The van der Waals surface area contributed by atoms with Crippen LogP contribution in [0.15, 0.2) is 28.9 Å². The van der Waals surface area contributed by atoms with Crippen LogP contribution in [-0.2, 0) is 13.0 Å². The summed E-state index contributed by atoms with van der Waals surface area (Å²) >= 11 is 8.00. The Morgan fingerprint density at radius 1 is 1.42 bits per heavy atom. The van der Waals surface area contributed by atoms with Gasteiger partial charge in [-0.2, -0.15) is 0 Å². The van der Waals surface area contributed by atoms with Crippen molar-refractivity contribution in [2.75, 3.05) is 12.4 Å². The summed E-state index contributed by atoms with van der Waals surface area (Å²) < 4.78 is 6.53. The Morgan fingerprint density at radius 3 is 2.88 bits per heavy atom. The fraction of sp³-hybridized carbons (Fsp3) is 0.353. The van der Waals surface area contributed by atoms with Gasteiger partial charge in [-0.25, -0.2) is 4.98 Å². The largest absolute Gasteiger partial charge is 0.467 e. The number of anilines is 1. The van der Waals surface area contributed by atoms with Crippen molar-refractivity contribution in [2.45, 2.75) is 32.9 Å². The van der Waals surface area contributed by atoms with Crippen LogP contribution in [0.2, 0.25) is 5.15 Å². The van der Waals surface area contributed by atoms with E-state index in [0.717, 1.165) is 28.1 Å². The molecule has 7 heteroatoms. The smallest absolute Gasteiger partial charge is 0.131 e. The molecule has 0 unspecified atom stereocenters. The van der Waals surface area contributed by atoms with Gasteiger partial charge >= 0.3 is 0 Å². The minimum Gasteiger partial charge on any atom is -0.467 e. The lowest BCUT2D eigenvalue weighted by atomic mass is 10.1. The number of furan rings is 1. The van der Waals surface area contributed by atoms with E-state index in [0.29, 0.717) is 17.7 Å². The van der Waals surface area contributed by atoms with Crippen LogP contribution in [0.5, 0.6) is 0 Å². The van der Waals surface area contributed by atoms with Gasteiger partial charge in [0.25, 0.3) is 0 Å². The highest BCUT2D eigenvalue weighted by molar-refractivity contribution is 7.19. The number of likely N-dealkylation sites (N-methyl/N-ethyl adjacent to an activating group) is 1. The molecule has 3 heterocycles. The van der Waals surface area contributed by atoms with Gasteiger partial charge < -0.3 is 15.1 Å². The third-order valence-corrected chi connectivity index (χ3v) is 5.49. The van der Waals surface area contributed by atoms with E-state index in [1.165, 1.54) is 10.4 Å². The molecule has 0 aliphatic heterocycles. The number of fused-ring (bicyclic) bond motifs is 1. The van der Waals surface area contributed by atoms with Crippen LogP contribution in [-0.4, -0.2) is 18.1 Å². The minimum atomic E-state index is 0. The summed E-state index contributed by atoms with van der Waals surface area (Å²) in [7, 11) is 1.98. The van der Waals surface area contributed by atoms with Gasteiger partial charge in [-0.3, -0.25) is 0 Å². The predicted molar refractivity (Wildman–Crippen MR) is 105 cm³/mol. The van der Waals surface area contributed by atoms with Crippen LogP contribution in [0.3, 0.4) is 0 Å². The summed E-state index contributed by atoms with van der Waals surface area (Å²) in [6.45, 7) is 4.93. The number of nitrogens with one attached hydrogen (secondary N) is 2. The monoisotopic (exact) mass is 385 g/mol. The number of aromatic nitrogens is 1. The first-order valence-electron chi connectivity index (χ1n) is 7.60. The van der Waals surface area contributed by atoms with Crippen molar-refractivity contribution in [3.8, 4) is 0 Å². The molecule has 0 spiro atoms. The second kappa shape index (κ2) is 8.21. The number of nitrogens with zero attached hydrogens (tertiary/aromatic N) is 1. The highest BCUT2D eigenvalue weighted by Crippen LogP contribution is 2.37. The molecule has 0 radical (unpaired) electrons. The van der Waals surface area contributed by atoms with Crippen LogP contribution in [0, 0.1) is 6.92 Å². The average Bonchev–Trinajstić information content (AvgIpc) is 3.15. The third-order valence-electron chi connectivity index (χ3n) is 3.96.